The molecular formula is C15H16BrFN4O. The molecule has 116 valence electrons. The minimum atomic E-state index is -0.713. The summed E-state index contributed by atoms with van der Waals surface area (Å²) in [6, 6.07) is 6.25. The van der Waals surface area contributed by atoms with Crippen molar-refractivity contribution in [2.75, 3.05) is 18.4 Å². The Kier molecular flexibility index (Phi) is 4.26. The van der Waals surface area contributed by atoms with Gasteiger partial charge in [0.1, 0.15) is 11.4 Å². The van der Waals surface area contributed by atoms with Crippen LogP contribution in [0.1, 0.15) is 12.8 Å². The van der Waals surface area contributed by atoms with E-state index in [0.717, 1.165) is 13.1 Å². The Bertz CT molecular complexity index is 668. The molecule has 1 saturated heterocycles. The van der Waals surface area contributed by atoms with Crippen LogP contribution in [0.15, 0.2) is 41.1 Å². The zero-order chi connectivity index (χ0) is 15.6. The van der Waals surface area contributed by atoms with Crippen molar-refractivity contribution in [1.82, 2.24) is 15.1 Å². The average molecular weight is 367 g/mol. The molecule has 5 nitrogen and oxygen atoms in total. The van der Waals surface area contributed by atoms with E-state index in [0.29, 0.717) is 23.0 Å². The Labute approximate surface area is 136 Å². The second-order valence-electron chi connectivity index (χ2n) is 5.32. The topological polar surface area (TPSA) is 59.0 Å². The van der Waals surface area contributed by atoms with Gasteiger partial charge in [-0.15, -0.1) is 0 Å². The van der Waals surface area contributed by atoms with Crippen molar-refractivity contribution in [2.24, 2.45) is 0 Å². The van der Waals surface area contributed by atoms with E-state index in [-0.39, 0.29) is 11.7 Å². The van der Waals surface area contributed by atoms with Crippen molar-refractivity contribution in [3.05, 3.63) is 46.9 Å². The number of carbonyl (C=O) groups is 1. The van der Waals surface area contributed by atoms with Gasteiger partial charge in [0.25, 0.3) is 5.91 Å². The van der Waals surface area contributed by atoms with Gasteiger partial charge in [-0.3, -0.25) is 9.48 Å². The van der Waals surface area contributed by atoms with E-state index in [9.17, 15) is 9.18 Å². The van der Waals surface area contributed by atoms with Crippen LogP contribution in [0.3, 0.4) is 0 Å². The number of aromatic nitrogens is 2. The minimum Gasteiger partial charge on any atom is -0.324 e. The zero-order valence-electron chi connectivity index (χ0n) is 11.9. The number of hydrogen-bond donors (Lipinski definition) is 2. The second-order valence-corrected chi connectivity index (χ2v) is 6.17. The summed E-state index contributed by atoms with van der Waals surface area (Å²) in [4.78, 5) is 12.9. The predicted octanol–water partition coefficient (Wildman–Crippen LogP) is 2.50. The third kappa shape index (κ3) is 2.78. The first kappa shape index (κ1) is 15.2. The second kappa shape index (κ2) is 6.18. The molecule has 1 fully saturated rings. The summed E-state index contributed by atoms with van der Waals surface area (Å²) < 4.78 is 15.4. The number of piperidine rings is 1. The smallest absolute Gasteiger partial charge is 0.252 e. The standard InChI is InChI=1S/C15H16BrFN4O/c16-12-10-11(2-3-13(12)17)20-14(22)15(4-7-18-8-5-15)21-9-1-6-19-21/h1-3,6,9-10,18H,4-5,7-8H2,(H,20,22). The fraction of sp³-hybridized carbons (Fsp3) is 0.333. The van der Waals surface area contributed by atoms with E-state index >= 15 is 0 Å². The van der Waals surface area contributed by atoms with Crippen LogP contribution in [0.5, 0.6) is 0 Å². The van der Waals surface area contributed by atoms with Crippen LogP contribution in [0.25, 0.3) is 0 Å². The number of rotatable bonds is 3. The molecule has 2 heterocycles. The first-order valence-corrected chi connectivity index (χ1v) is 7.88. The maximum atomic E-state index is 13.3. The Morgan fingerprint density at radius 2 is 2.18 bits per heavy atom. The van der Waals surface area contributed by atoms with Crippen LogP contribution >= 0.6 is 15.9 Å². The van der Waals surface area contributed by atoms with E-state index in [2.05, 4.69) is 31.7 Å². The molecule has 3 rings (SSSR count). The number of benzene rings is 1. The van der Waals surface area contributed by atoms with Gasteiger partial charge < -0.3 is 10.6 Å². The molecule has 7 heteroatoms. The number of carbonyl (C=O) groups excluding carboxylic acids is 1. The molecule has 1 aliphatic rings. The summed E-state index contributed by atoms with van der Waals surface area (Å²) in [5.74, 6) is -0.488. The molecule has 0 unspecified atom stereocenters. The number of hydrogen-bond acceptors (Lipinski definition) is 3. The largest absolute Gasteiger partial charge is 0.324 e. The van der Waals surface area contributed by atoms with Gasteiger partial charge in [0, 0.05) is 18.1 Å². The zero-order valence-corrected chi connectivity index (χ0v) is 13.4. The van der Waals surface area contributed by atoms with E-state index < -0.39 is 5.54 Å². The van der Waals surface area contributed by atoms with Gasteiger partial charge in [-0.05, 0) is 66.1 Å². The van der Waals surface area contributed by atoms with Gasteiger partial charge in [-0.2, -0.15) is 5.10 Å². The van der Waals surface area contributed by atoms with Gasteiger partial charge in [0.15, 0.2) is 0 Å². The quantitative estimate of drug-likeness (QED) is 0.877. The van der Waals surface area contributed by atoms with Gasteiger partial charge in [-0.1, -0.05) is 0 Å². The highest BCUT2D eigenvalue weighted by Crippen LogP contribution is 2.29. The Hall–Kier alpha value is -1.73. The van der Waals surface area contributed by atoms with Gasteiger partial charge in [-0.25, -0.2) is 4.39 Å². The molecular weight excluding hydrogens is 351 g/mol. The van der Waals surface area contributed by atoms with Crippen LogP contribution in [0.4, 0.5) is 10.1 Å². The molecule has 0 spiro atoms. The number of amides is 1. The molecule has 0 aliphatic carbocycles. The molecule has 0 radical (unpaired) electrons. The van der Waals surface area contributed by atoms with Crippen molar-refractivity contribution in [1.29, 1.82) is 0 Å². The summed E-state index contributed by atoms with van der Waals surface area (Å²) in [5.41, 5.74) is -0.154. The molecule has 0 saturated carbocycles. The fourth-order valence-electron chi connectivity index (χ4n) is 2.74. The third-order valence-electron chi connectivity index (χ3n) is 3.97. The van der Waals surface area contributed by atoms with Crippen LogP contribution in [0, 0.1) is 5.82 Å². The van der Waals surface area contributed by atoms with Crippen LogP contribution in [0.2, 0.25) is 0 Å². The summed E-state index contributed by atoms with van der Waals surface area (Å²) in [7, 11) is 0. The molecule has 0 bridgehead atoms. The molecule has 1 amide bonds. The summed E-state index contributed by atoms with van der Waals surface area (Å²) in [5, 5.41) is 10.4. The fourth-order valence-corrected chi connectivity index (χ4v) is 3.12. The van der Waals surface area contributed by atoms with Crippen molar-refractivity contribution in [3.63, 3.8) is 0 Å². The third-order valence-corrected chi connectivity index (χ3v) is 4.58. The lowest BCUT2D eigenvalue weighted by atomic mass is 9.87. The minimum absolute atomic E-state index is 0.129. The summed E-state index contributed by atoms with van der Waals surface area (Å²) in [6.07, 6.45) is 4.79. The molecule has 1 aromatic carbocycles. The normalized spacial score (nSPS) is 17.2. The maximum absolute atomic E-state index is 13.3. The van der Waals surface area contributed by atoms with Crippen LogP contribution in [-0.2, 0) is 10.3 Å². The van der Waals surface area contributed by atoms with Crippen molar-refractivity contribution in [3.8, 4) is 0 Å². The first-order chi connectivity index (χ1) is 10.6. The molecule has 1 aliphatic heterocycles. The monoisotopic (exact) mass is 366 g/mol. The number of halogens is 2. The van der Waals surface area contributed by atoms with Crippen molar-refractivity contribution < 1.29 is 9.18 Å². The molecule has 22 heavy (non-hydrogen) atoms. The van der Waals surface area contributed by atoms with Crippen molar-refractivity contribution >= 4 is 27.5 Å². The Balaban J connectivity index is 1.88. The van der Waals surface area contributed by atoms with Gasteiger partial charge in [0.2, 0.25) is 0 Å². The summed E-state index contributed by atoms with van der Waals surface area (Å²) >= 11 is 3.13. The maximum Gasteiger partial charge on any atom is 0.252 e. The lowest BCUT2D eigenvalue weighted by Gasteiger charge is -2.36. The molecule has 2 N–H and O–H groups in total. The average Bonchev–Trinajstić information content (AvgIpc) is 3.06. The highest BCUT2D eigenvalue weighted by Gasteiger charge is 2.42. The van der Waals surface area contributed by atoms with Gasteiger partial charge in [0.05, 0.1) is 4.47 Å². The lowest BCUT2D eigenvalue weighted by molar-refractivity contribution is -0.126. The molecule has 1 aromatic heterocycles. The van der Waals surface area contributed by atoms with Gasteiger partial charge >= 0.3 is 0 Å². The Morgan fingerprint density at radius 1 is 1.41 bits per heavy atom. The molecule has 0 atom stereocenters. The first-order valence-electron chi connectivity index (χ1n) is 7.09. The van der Waals surface area contributed by atoms with Crippen molar-refractivity contribution in [2.45, 2.75) is 18.4 Å². The number of nitrogens with one attached hydrogen (secondary N) is 2. The summed E-state index contributed by atoms with van der Waals surface area (Å²) in [6.45, 7) is 1.50. The van der Waals surface area contributed by atoms with E-state index in [4.69, 9.17) is 0 Å². The van der Waals surface area contributed by atoms with E-state index in [1.807, 2.05) is 12.3 Å². The SMILES string of the molecule is O=C(Nc1ccc(F)c(Br)c1)C1(n2cccn2)CCNCC1. The predicted molar refractivity (Wildman–Crippen MR) is 85.0 cm³/mol. The lowest BCUT2D eigenvalue weighted by Crippen LogP contribution is -2.52. The van der Waals surface area contributed by atoms with E-state index in [1.165, 1.54) is 6.07 Å². The Morgan fingerprint density at radius 3 is 2.82 bits per heavy atom. The van der Waals surface area contributed by atoms with E-state index in [1.54, 1.807) is 23.0 Å². The molecule has 2 aromatic rings. The number of nitrogens with zero attached hydrogens (tertiary/aromatic N) is 2. The highest BCUT2D eigenvalue weighted by molar-refractivity contribution is 9.10. The van der Waals surface area contributed by atoms with Crippen LogP contribution < -0.4 is 10.6 Å². The van der Waals surface area contributed by atoms with Crippen LogP contribution in [-0.4, -0.2) is 28.8 Å². The number of anilines is 1. The highest BCUT2D eigenvalue weighted by atomic mass is 79.9.